The lowest BCUT2D eigenvalue weighted by Crippen LogP contribution is -2.37. The zero-order valence-electron chi connectivity index (χ0n) is 20.5. The van der Waals surface area contributed by atoms with E-state index in [2.05, 4.69) is 5.32 Å². The third-order valence-corrected chi connectivity index (χ3v) is 6.74. The highest BCUT2D eigenvalue weighted by atomic mass is 35.5. The van der Waals surface area contributed by atoms with Crippen molar-refractivity contribution < 1.29 is 14.6 Å². The van der Waals surface area contributed by atoms with Gasteiger partial charge in [-0.3, -0.25) is 4.79 Å². The molecule has 4 rings (SSSR count). The number of carbonyl (C=O) groups excluding carboxylic acids is 1. The molecule has 2 aromatic carbocycles. The van der Waals surface area contributed by atoms with Crippen LogP contribution in [0.15, 0.2) is 60.9 Å². The summed E-state index contributed by atoms with van der Waals surface area (Å²) in [6.07, 6.45) is 4.88. The molecule has 37 heavy (non-hydrogen) atoms. The Hall–Kier alpha value is -3.06. The van der Waals surface area contributed by atoms with E-state index in [0.717, 1.165) is 28.0 Å². The molecule has 0 saturated heterocycles. The van der Waals surface area contributed by atoms with Gasteiger partial charge in [0.15, 0.2) is 0 Å². The largest absolute Gasteiger partial charge is 0.489 e. The highest BCUT2D eigenvalue weighted by Crippen LogP contribution is 2.35. The van der Waals surface area contributed by atoms with Crippen LogP contribution in [0.1, 0.15) is 49.2 Å². The Morgan fingerprint density at radius 1 is 1.11 bits per heavy atom. The van der Waals surface area contributed by atoms with Gasteiger partial charge in [0.2, 0.25) is 0 Å². The first-order valence-corrected chi connectivity index (χ1v) is 12.6. The van der Waals surface area contributed by atoms with E-state index in [1.807, 2.05) is 74.0 Å². The van der Waals surface area contributed by atoms with E-state index >= 15 is 0 Å². The molecule has 0 bridgehead atoms. The van der Waals surface area contributed by atoms with Crippen LogP contribution in [0.3, 0.4) is 0 Å². The fourth-order valence-corrected chi connectivity index (χ4v) is 4.54. The molecular weight excluding hydrogens is 509 g/mol. The maximum Gasteiger partial charge on any atom is 0.253 e. The van der Waals surface area contributed by atoms with Gasteiger partial charge in [-0.15, -0.1) is 0 Å². The van der Waals surface area contributed by atoms with Gasteiger partial charge in [0, 0.05) is 30.6 Å². The van der Waals surface area contributed by atoms with Gasteiger partial charge in [-0.05, 0) is 62.9 Å². The first-order chi connectivity index (χ1) is 17.3. The monoisotopic (exact) mass is 541 g/mol. The molecule has 1 amide bonds. The van der Waals surface area contributed by atoms with Crippen LogP contribution in [0.25, 0.3) is 16.9 Å². The highest BCUT2D eigenvalue weighted by molar-refractivity contribution is 6.44. The van der Waals surface area contributed by atoms with Crippen molar-refractivity contribution in [3.05, 3.63) is 87.7 Å². The van der Waals surface area contributed by atoms with Gasteiger partial charge < -0.3 is 19.6 Å². The van der Waals surface area contributed by atoms with E-state index in [-0.39, 0.29) is 47.7 Å². The van der Waals surface area contributed by atoms with Crippen molar-refractivity contribution in [3.8, 4) is 17.0 Å². The van der Waals surface area contributed by atoms with Gasteiger partial charge in [-0.2, -0.15) is 0 Å². The van der Waals surface area contributed by atoms with Crippen LogP contribution in [0.2, 0.25) is 10.0 Å². The molecular formula is C29H33Cl2N3O3. The van der Waals surface area contributed by atoms with Gasteiger partial charge in [-0.25, -0.2) is 4.98 Å². The molecule has 4 aromatic rings. The fraction of sp³-hybridized carbons (Fsp3) is 0.310. The Kier molecular flexibility index (Phi) is 9.60. The second kappa shape index (κ2) is 12.5. The maximum atomic E-state index is 13.0. The second-order valence-electron chi connectivity index (χ2n) is 9.04. The zero-order valence-corrected chi connectivity index (χ0v) is 22.0. The summed E-state index contributed by atoms with van der Waals surface area (Å²) in [5, 5.41) is 12.9. The lowest BCUT2D eigenvalue weighted by molar-refractivity contribution is 0.0930. The first-order valence-electron chi connectivity index (χ1n) is 11.9. The lowest BCUT2D eigenvalue weighted by atomic mass is 10.0. The number of pyridine rings is 1. The molecule has 1 atom stereocenters. The number of amides is 1. The summed E-state index contributed by atoms with van der Waals surface area (Å²) in [5.74, 6) is 0.0779. The molecule has 0 aliphatic rings. The number of hydrogen-bond acceptors (Lipinski definition) is 4. The van der Waals surface area contributed by atoms with E-state index in [1.54, 1.807) is 12.1 Å². The van der Waals surface area contributed by atoms with Crippen molar-refractivity contribution in [2.45, 2.75) is 53.2 Å². The predicted molar refractivity (Wildman–Crippen MR) is 151 cm³/mol. The summed E-state index contributed by atoms with van der Waals surface area (Å²) in [6.45, 7) is 5.75. The van der Waals surface area contributed by atoms with Crippen LogP contribution in [0, 0.1) is 6.92 Å². The maximum absolute atomic E-state index is 13.0. The minimum Gasteiger partial charge on any atom is -0.489 e. The predicted octanol–water partition coefficient (Wildman–Crippen LogP) is 6.76. The average Bonchev–Trinajstić information content (AvgIpc) is 3.28. The van der Waals surface area contributed by atoms with Gasteiger partial charge >= 0.3 is 0 Å². The average molecular weight is 543 g/mol. The molecule has 0 fully saturated rings. The van der Waals surface area contributed by atoms with E-state index < -0.39 is 0 Å². The van der Waals surface area contributed by atoms with Gasteiger partial charge in [0.05, 0.1) is 22.4 Å². The molecule has 2 heterocycles. The SMILES string of the molecule is C.Cc1cccn2cc(-c3ccc(C[C@@H](CCO)NC(=O)c4ccc(OC(C)C)c(Cl)c4Cl)cc3)nc12. The molecule has 0 radical (unpaired) electrons. The summed E-state index contributed by atoms with van der Waals surface area (Å²) in [6, 6.07) is 15.1. The highest BCUT2D eigenvalue weighted by Gasteiger charge is 2.20. The number of aliphatic hydroxyl groups is 1. The number of nitrogens with zero attached hydrogens (tertiary/aromatic N) is 2. The third-order valence-electron chi connectivity index (χ3n) is 5.88. The van der Waals surface area contributed by atoms with Crippen molar-refractivity contribution >= 4 is 34.8 Å². The number of carbonyl (C=O) groups is 1. The summed E-state index contributed by atoms with van der Waals surface area (Å²) in [7, 11) is 0. The van der Waals surface area contributed by atoms with Crippen molar-refractivity contribution in [3.63, 3.8) is 0 Å². The smallest absolute Gasteiger partial charge is 0.253 e. The number of hydrogen-bond donors (Lipinski definition) is 2. The third kappa shape index (κ3) is 6.63. The number of rotatable bonds is 9. The summed E-state index contributed by atoms with van der Waals surface area (Å²) in [5.41, 5.74) is 5.25. The van der Waals surface area contributed by atoms with Crippen molar-refractivity contribution in [1.82, 2.24) is 14.7 Å². The Morgan fingerprint density at radius 2 is 1.84 bits per heavy atom. The molecule has 0 aliphatic heterocycles. The first kappa shape index (κ1) is 28.5. The second-order valence-corrected chi connectivity index (χ2v) is 9.79. The quantitative estimate of drug-likeness (QED) is 0.245. The van der Waals surface area contributed by atoms with Crippen molar-refractivity contribution in [2.75, 3.05) is 6.61 Å². The fourth-order valence-electron chi connectivity index (χ4n) is 4.09. The molecule has 196 valence electrons. The number of fused-ring (bicyclic) bond motifs is 1. The number of ether oxygens (including phenoxy) is 1. The number of benzene rings is 2. The summed E-state index contributed by atoms with van der Waals surface area (Å²) >= 11 is 12.7. The molecule has 2 aromatic heterocycles. The van der Waals surface area contributed by atoms with Gasteiger partial charge in [0.1, 0.15) is 16.4 Å². The minimum atomic E-state index is -0.354. The Bertz CT molecular complexity index is 1370. The standard InChI is InChI=1S/C28H29Cl2N3O3.CH4/c1-17(2)36-24-11-10-22(25(29)26(24)30)28(35)31-21(12-14-34)15-19-6-8-20(9-7-19)23-16-33-13-4-5-18(3)27(33)32-23;/h4-11,13,16-17,21,34H,12,14-15H2,1-3H3,(H,31,35);1H4/t21-;/m1./s1. The number of aryl methyl sites for hydroxylation is 1. The Labute approximate surface area is 228 Å². The molecule has 8 heteroatoms. The normalized spacial score (nSPS) is 11.9. The molecule has 0 unspecified atom stereocenters. The molecule has 0 spiro atoms. The Morgan fingerprint density at radius 3 is 2.49 bits per heavy atom. The number of aliphatic hydroxyl groups excluding tert-OH is 1. The van der Waals surface area contributed by atoms with E-state index in [9.17, 15) is 9.90 Å². The van der Waals surface area contributed by atoms with Crippen molar-refractivity contribution in [1.29, 1.82) is 0 Å². The molecule has 2 N–H and O–H groups in total. The van der Waals surface area contributed by atoms with Crippen LogP contribution in [0.5, 0.6) is 5.75 Å². The van der Waals surface area contributed by atoms with E-state index in [4.69, 9.17) is 32.9 Å². The van der Waals surface area contributed by atoms with E-state index in [1.165, 1.54) is 0 Å². The number of halogens is 2. The van der Waals surface area contributed by atoms with Crippen LogP contribution < -0.4 is 10.1 Å². The minimum absolute atomic E-state index is 0. The van der Waals surface area contributed by atoms with Gasteiger partial charge in [0.25, 0.3) is 5.91 Å². The van der Waals surface area contributed by atoms with Crippen LogP contribution in [-0.2, 0) is 6.42 Å². The lowest BCUT2D eigenvalue weighted by Gasteiger charge is -2.19. The number of aromatic nitrogens is 2. The summed E-state index contributed by atoms with van der Waals surface area (Å²) in [4.78, 5) is 17.7. The Balaban J connectivity index is 0.00000380. The molecule has 0 aliphatic carbocycles. The topological polar surface area (TPSA) is 75.9 Å². The van der Waals surface area contributed by atoms with Crippen molar-refractivity contribution in [2.24, 2.45) is 0 Å². The molecule has 0 saturated carbocycles. The van der Waals surface area contributed by atoms with Crippen LogP contribution in [0.4, 0.5) is 0 Å². The van der Waals surface area contributed by atoms with Crippen LogP contribution >= 0.6 is 23.2 Å². The number of nitrogens with one attached hydrogen (secondary N) is 1. The zero-order chi connectivity index (χ0) is 25.8. The number of imidazole rings is 1. The van der Waals surface area contributed by atoms with E-state index in [0.29, 0.717) is 18.6 Å². The van der Waals surface area contributed by atoms with Gasteiger partial charge in [-0.1, -0.05) is 61.0 Å². The molecule has 6 nitrogen and oxygen atoms in total. The van der Waals surface area contributed by atoms with Crippen LogP contribution in [-0.4, -0.2) is 39.2 Å². The summed E-state index contributed by atoms with van der Waals surface area (Å²) < 4.78 is 7.65.